The zero-order chi connectivity index (χ0) is 23.0. The zero-order valence-corrected chi connectivity index (χ0v) is 18.4. The van der Waals surface area contributed by atoms with Gasteiger partial charge in [-0.15, -0.1) is 0 Å². The van der Waals surface area contributed by atoms with Crippen LogP contribution < -0.4 is 15.0 Å². The highest BCUT2D eigenvalue weighted by Crippen LogP contribution is 2.41. The van der Waals surface area contributed by atoms with Gasteiger partial charge in [0.25, 0.3) is 5.91 Å². The summed E-state index contributed by atoms with van der Waals surface area (Å²) in [6.45, 7) is 1.80. The first-order chi connectivity index (χ1) is 16.0. The predicted molar refractivity (Wildman–Crippen MR) is 123 cm³/mol. The van der Waals surface area contributed by atoms with Crippen LogP contribution in [-0.2, 0) is 6.54 Å². The minimum absolute atomic E-state index is 0.0461. The van der Waals surface area contributed by atoms with Gasteiger partial charge in [-0.2, -0.15) is 0 Å². The molecule has 0 atom stereocenters. The number of carbonyl (C=O) groups is 1. The van der Waals surface area contributed by atoms with Gasteiger partial charge in [0.1, 0.15) is 23.0 Å². The van der Waals surface area contributed by atoms with Crippen LogP contribution >= 0.6 is 0 Å². The Bertz CT molecular complexity index is 1150. The maximum absolute atomic E-state index is 13.7. The molecule has 0 saturated carbocycles. The predicted octanol–water partition coefficient (Wildman–Crippen LogP) is 5.04. The van der Waals surface area contributed by atoms with Gasteiger partial charge < -0.3 is 10.1 Å². The molecule has 0 unspecified atom stereocenters. The lowest BCUT2D eigenvalue weighted by Crippen LogP contribution is -2.64. The van der Waals surface area contributed by atoms with Crippen LogP contribution in [0.3, 0.4) is 0 Å². The summed E-state index contributed by atoms with van der Waals surface area (Å²) in [6.07, 6.45) is 1.33. The molecule has 2 heterocycles. The Morgan fingerprint density at radius 3 is 2.30 bits per heavy atom. The first-order valence-corrected chi connectivity index (χ1v) is 11.0. The molecule has 5 rings (SSSR count). The number of hydrogen-bond donors (Lipinski definition) is 1. The average molecular weight is 450 g/mol. The van der Waals surface area contributed by atoms with Gasteiger partial charge in [0, 0.05) is 49.9 Å². The van der Waals surface area contributed by atoms with Gasteiger partial charge in [0.15, 0.2) is 0 Å². The van der Waals surface area contributed by atoms with Crippen LogP contribution in [-0.4, -0.2) is 36.7 Å². The topological polar surface area (TPSA) is 44.8 Å². The van der Waals surface area contributed by atoms with Gasteiger partial charge in [0.05, 0.1) is 12.7 Å². The van der Waals surface area contributed by atoms with E-state index in [9.17, 15) is 13.6 Å². The number of para-hydroxylation sites is 1. The number of halogens is 2. The number of nitrogens with zero attached hydrogens (tertiary/aromatic N) is 2. The van der Waals surface area contributed by atoms with Crippen molar-refractivity contribution in [3.05, 3.63) is 89.5 Å². The molecule has 1 amide bonds. The first-order valence-electron chi connectivity index (χ1n) is 11.0. The third-order valence-corrected chi connectivity index (χ3v) is 6.50. The Hall–Kier alpha value is -3.45. The second kappa shape index (κ2) is 8.48. The molecule has 2 aliphatic rings. The Morgan fingerprint density at radius 2 is 1.64 bits per heavy atom. The molecule has 5 nitrogen and oxygen atoms in total. The quantitative estimate of drug-likeness (QED) is 0.606. The summed E-state index contributed by atoms with van der Waals surface area (Å²) < 4.78 is 32.5. The number of amides is 1. The third kappa shape index (κ3) is 4.04. The van der Waals surface area contributed by atoms with Crippen molar-refractivity contribution < 1.29 is 18.3 Å². The van der Waals surface area contributed by atoms with Crippen LogP contribution in [0.1, 0.15) is 28.8 Å². The highest BCUT2D eigenvalue weighted by Gasteiger charge is 2.47. The lowest BCUT2D eigenvalue weighted by molar-refractivity contribution is 0.0904. The van der Waals surface area contributed by atoms with E-state index in [-0.39, 0.29) is 5.91 Å². The standard InChI is InChI=1S/C26H25F2N3O2/c1-33-22-8-6-21(7-9-22)31-25(32)23-4-2-3-5-24(23)29-26(31)10-12-30(13-11-26)17-18-14-19(27)16-20(28)15-18/h2-9,14-16,29H,10-13,17H2,1H3. The molecule has 3 aromatic carbocycles. The Morgan fingerprint density at radius 1 is 0.970 bits per heavy atom. The van der Waals surface area contributed by atoms with Crippen molar-refractivity contribution in [1.82, 2.24) is 4.90 Å². The maximum Gasteiger partial charge on any atom is 0.262 e. The number of benzene rings is 3. The van der Waals surface area contributed by atoms with E-state index in [4.69, 9.17) is 4.74 Å². The van der Waals surface area contributed by atoms with Crippen LogP contribution in [0.2, 0.25) is 0 Å². The first kappa shape index (κ1) is 21.4. The van der Waals surface area contributed by atoms with Gasteiger partial charge in [-0.3, -0.25) is 14.6 Å². The molecule has 7 heteroatoms. The van der Waals surface area contributed by atoms with Gasteiger partial charge in [-0.25, -0.2) is 8.78 Å². The number of fused-ring (bicyclic) bond motifs is 1. The van der Waals surface area contributed by atoms with Crippen LogP contribution in [0.5, 0.6) is 5.75 Å². The molecule has 33 heavy (non-hydrogen) atoms. The summed E-state index contributed by atoms with van der Waals surface area (Å²) in [5.74, 6) is -0.460. The van der Waals surface area contributed by atoms with E-state index in [0.29, 0.717) is 43.6 Å². The molecule has 0 aliphatic carbocycles. The second-order valence-electron chi connectivity index (χ2n) is 8.59. The molecule has 170 valence electrons. The van der Waals surface area contributed by atoms with Gasteiger partial charge >= 0.3 is 0 Å². The number of piperidine rings is 1. The van der Waals surface area contributed by atoms with E-state index in [1.165, 1.54) is 12.1 Å². The van der Waals surface area contributed by atoms with E-state index in [2.05, 4.69) is 10.2 Å². The van der Waals surface area contributed by atoms with E-state index < -0.39 is 17.3 Å². The molecule has 0 aromatic heterocycles. The van der Waals surface area contributed by atoms with Crippen molar-refractivity contribution in [3.63, 3.8) is 0 Å². The van der Waals surface area contributed by atoms with Gasteiger partial charge in [0.2, 0.25) is 0 Å². The Balaban J connectivity index is 1.43. The summed E-state index contributed by atoms with van der Waals surface area (Å²) >= 11 is 0. The highest BCUT2D eigenvalue weighted by atomic mass is 19.1. The van der Waals surface area contributed by atoms with Crippen molar-refractivity contribution in [3.8, 4) is 5.75 Å². The lowest BCUT2D eigenvalue weighted by Gasteiger charge is -2.52. The monoisotopic (exact) mass is 449 g/mol. The number of rotatable bonds is 4. The molecular formula is C26H25F2N3O2. The summed E-state index contributed by atoms with van der Waals surface area (Å²) in [6, 6.07) is 18.7. The van der Waals surface area contributed by atoms with Gasteiger partial charge in [-0.1, -0.05) is 12.1 Å². The largest absolute Gasteiger partial charge is 0.497 e. The third-order valence-electron chi connectivity index (χ3n) is 6.50. The van der Waals surface area contributed by atoms with Crippen molar-refractivity contribution in [2.45, 2.75) is 25.0 Å². The number of carbonyl (C=O) groups excluding carboxylic acids is 1. The SMILES string of the molecule is COc1ccc(N2C(=O)c3ccccc3NC23CCN(Cc2cc(F)cc(F)c2)CC3)cc1. The van der Waals surface area contributed by atoms with Crippen LogP contribution in [0.25, 0.3) is 0 Å². The summed E-state index contributed by atoms with van der Waals surface area (Å²) in [5, 5.41) is 3.65. The van der Waals surface area contributed by atoms with Crippen molar-refractivity contribution in [2.24, 2.45) is 0 Å². The minimum atomic E-state index is -0.594. The van der Waals surface area contributed by atoms with Crippen molar-refractivity contribution in [1.29, 1.82) is 0 Å². The van der Waals surface area contributed by atoms with E-state index in [1.54, 1.807) is 7.11 Å². The fraction of sp³-hybridized carbons (Fsp3) is 0.269. The van der Waals surface area contributed by atoms with Crippen LogP contribution in [0.15, 0.2) is 66.7 Å². The van der Waals surface area contributed by atoms with Crippen molar-refractivity contribution >= 4 is 17.3 Å². The second-order valence-corrected chi connectivity index (χ2v) is 8.59. The molecule has 1 spiro atoms. The van der Waals surface area contributed by atoms with Crippen LogP contribution in [0, 0.1) is 11.6 Å². The Kier molecular flexibility index (Phi) is 5.50. The summed E-state index contributed by atoms with van der Waals surface area (Å²) in [4.78, 5) is 17.7. The summed E-state index contributed by atoms with van der Waals surface area (Å²) in [7, 11) is 1.61. The number of ether oxygens (including phenoxy) is 1. The van der Waals surface area contributed by atoms with Crippen molar-refractivity contribution in [2.75, 3.05) is 30.4 Å². The maximum atomic E-state index is 13.7. The minimum Gasteiger partial charge on any atom is -0.497 e. The van der Waals surface area contributed by atoms with E-state index in [0.717, 1.165) is 23.2 Å². The molecule has 2 aliphatic heterocycles. The zero-order valence-electron chi connectivity index (χ0n) is 18.4. The number of methoxy groups -OCH3 is 1. The molecule has 1 fully saturated rings. The fourth-order valence-electron chi connectivity index (χ4n) is 4.89. The number of nitrogens with one attached hydrogen (secondary N) is 1. The molecule has 0 bridgehead atoms. The molecule has 1 N–H and O–H groups in total. The molecule has 1 saturated heterocycles. The molecular weight excluding hydrogens is 424 g/mol. The normalized spacial score (nSPS) is 17.5. The van der Waals surface area contributed by atoms with E-state index in [1.807, 2.05) is 53.4 Å². The van der Waals surface area contributed by atoms with Gasteiger partial charge in [-0.05, 0) is 54.1 Å². The lowest BCUT2D eigenvalue weighted by atomic mass is 9.89. The Labute approximate surface area is 191 Å². The molecule has 3 aromatic rings. The smallest absolute Gasteiger partial charge is 0.262 e. The van der Waals surface area contributed by atoms with Crippen LogP contribution in [0.4, 0.5) is 20.2 Å². The highest BCUT2D eigenvalue weighted by molar-refractivity contribution is 6.12. The fourth-order valence-corrected chi connectivity index (χ4v) is 4.89. The average Bonchev–Trinajstić information content (AvgIpc) is 2.80. The number of anilines is 2. The number of hydrogen-bond acceptors (Lipinski definition) is 4. The van der Waals surface area contributed by atoms with E-state index >= 15 is 0 Å². The number of likely N-dealkylation sites (tertiary alicyclic amines) is 1. The summed E-state index contributed by atoms with van der Waals surface area (Å²) in [5.41, 5.74) is 2.27. The molecule has 0 radical (unpaired) electrons.